The van der Waals surface area contributed by atoms with Crippen LogP contribution in [0.25, 0.3) is 22.5 Å². The minimum atomic E-state index is -3.41. The number of hydrogen-bond acceptors (Lipinski definition) is 5. The number of benzene rings is 2. The van der Waals surface area contributed by atoms with Gasteiger partial charge in [-0.3, -0.25) is 0 Å². The monoisotopic (exact) mass is 438 g/mol. The number of hydrogen-bond donors (Lipinski definition) is 3. The first-order valence-corrected chi connectivity index (χ1v) is 11.8. The zero-order valence-corrected chi connectivity index (χ0v) is 17.9. The molecule has 8 heteroatoms. The molecule has 0 amide bonds. The predicted octanol–water partition coefficient (Wildman–Crippen LogP) is 4.69. The molecule has 4 rings (SSSR count). The van der Waals surface area contributed by atoms with Gasteiger partial charge in [0.1, 0.15) is 5.82 Å². The molecule has 0 aliphatic heterocycles. The Balaban J connectivity index is 1.54. The van der Waals surface area contributed by atoms with Gasteiger partial charge in [-0.25, -0.2) is 18.4 Å². The van der Waals surface area contributed by atoms with Gasteiger partial charge in [0.2, 0.25) is 15.0 Å². The topological polar surface area (TPSA) is 91.5 Å². The van der Waals surface area contributed by atoms with E-state index in [1.54, 1.807) is 0 Å². The second-order valence-corrected chi connectivity index (χ2v) is 9.60. The fourth-order valence-electron chi connectivity index (χ4n) is 3.29. The second-order valence-electron chi connectivity index (χ2n) is 6.95. The lowest BCUT2D eigenvalue weighted by atomic mass is 10.1. The normalized spacial score (nSPS) is 12.7. The smallest absolute Gasteiger partial charge is 0.224 e. The summed E-state index contributed by atoms with van der Waals surface area (Å²) in [4.78, 5) is 14.7. The zero-order chi connectivity index (χ0) is 21.0. The van der Waals surface area contributed by atoms with Gasteiger partial charge in [0.25, 0.3) is 0 Å². The summed E-state index contributed by atoms with van der Waals surface area (Å²) in [5.74, 6) is 0.737. The number of rotatable bonds is 8. The van der Waals surface area contributed by atoms with Crippen LogP contribution in [0.3, 0.4) is 0 Å². The Labute approximate surface area is 181 Å². The number of sulfone groups is 1. The highest BCUT2D eigenvalue weighted by atomic mass is 32.2. The summed E-state index contributed by atoms with van der Waals surface area (Å²) in [6, 6.07) is 20.0. The quantitative estimate of drug-likeness (QED) is 0.348. The van der Waals surface area contributed by atoms with Gasteiger partial charge in [-0.05, 0) is 12.8 Å². The van der Waals surface area contributed by atoms with Crippen LogP contribution in [-0.4, -0.2) is 34.1 Å². The number of H-pyrrole nitrogens is 2. The molecule has 0 aliphatic carbocycles. The van der Waals surface area contributed by atoms with Crippen molar-refractivity contribution in [1.29, 1.82) is 0 Å². The Morgan fingerprint density at radius 1 is 0.967 bits per heavy atom. The lowest BCUT2D eigenvalue weighted by Crippen LogP contribution is -2.09. The first-order valence-electron chi connectivity index (χ1n) is 9.65. The van der Waals surface area contributed by atoms with Crippen molar-refractivity contribution < 1.29 is 8.42 Å². The van der Waals surface area contributed by atoms with E-state index in [9.17, 15) is 8.42 Å². The van der Waals surface area contributed by atoms with Crippen LogP contribution in [0.1, 0.15) is 23.9 Å². The third-order valence-electron chi connectivity index (χ3n) is 4.81. The number of aromatic nitrogens is 4. The van der Waals surface area contributed by atoms with Crippen LogP contribution in [0.4, 0.5) is 0 Å². The van der Waals surface area contributed by atoms with Crippen LogP contribution in [0.15, 0.2) is 78.2 Å². The summed E-state index contributed by atoms with van der Waals surface area (Å²) in [6.45, 7) is 0. The highest BCUT2D eigenvalue weighted by Crippen LogP contribution is 2.34. The van der Waals surface area contributed by atoms with Gasteiger partial charge in [0.15, 0.2) is 0 Å². The molecule has 30 heavy (non-hydrogen) atoms. The number of imidazole rings is 2. The second kappa shape index (κ2) is 8.89. The third kappa shape index (κ3) is 4.49. The summed E-state index contributed by atoms with van der Waals surface area (Å²) in [5, 5.41) is -0.203. The molecule has 0 saturated heterocycles. The van der Waals surface area contributed by atoms with Crippen molar-refractivity contribution in [2.24, 2.45) is 0 Å². The Hall–Kier alpha value is -2.84. The molecule has 154 valence electrons. The Morgan fingerprint density at radius 2 is 1.63 bits per heavy atom. The Morgan fingerprint density at radius 3 is 2.27 bits per heavy atom. The molecule has 0 bridgehead atoms. The fourth-order valence-corrected chi connectivity index (χ4v) is 4.80. The van der Waals surface area contributed by atoms with Crippen molar-refractivity contribution in [2.75, 3.05) is 5.75 Å². The summed E-state index contributed by atoms with van der Waals surface area (Å²) < 4.78 is 24.6. The van der Waals surface area contributed by atoms with Gasteiger partial charge in [-0.15, -0.1) is 0 Å². The molecule has 0 aliphatic rings. The molecule has 1 atom stereocenters. The van der Waals surface area contributed by atoms with Crippen molar-refractivity contribution in [3.8, 4) is 22.5 Å². The summed E-state index contributed by atoms with van der Waals surface area (Å²) in [5.41, 5.74) is 3.84. The molecule has 4 aromatic rings. The van der Waals surface area contributed by atoms with Crippen LogP contribution in [0.2, 0.25) is 0 Å². The molecule has 0 radical (unpaired) electrons. The number of aromatic amines is 2. The van der Waals surface area contributed by atoms with Gasteiger partial charge in [-0.1, -0.05) is 60.7 Å². The van der Waals surface area contributed by atoms with Gasteiger partial charge >= 0.3 is 0 Å². The molecule has 1 unspecified atom stereocenters. The van der Waals surface area contributed by atoms with Gasteiger partial charge in [0, 0.05) is 23.5 Å². The number of nitrogens with one attached hydrogen (secondary N) is 2. The molecule has 2 aromatic heterocycles. The molecule has 2 aromatic carbocycles. The van der Waals surface area contributed by atoms with Crippen LogP contribution >= 0.6 is 12.6 Å². The molecular formula is C22H22N4O2S2. The van der Waals surface area contributed by atoms with E-state index in [1.807, 2.05) is 60.7 Å². The first kappa shape index (κ1) is 20.4. The van der Waals surface area contributed by atoms with Crippen LogP contribution in [0.5, 0.6) is 0 Å². The minimum Gasteiger partial charge on any atom is -0.341 e. The van der Waals surface area contributed by atoms with E-state index in [0.717, 1.165) is 28.3 Å². The van der Waals surface area contributed by atoms with Crippen molar-refractivity contribution in [1.82, 2.24) is 19.9 Å². The maximum atomic E-state index is 12.3. The standard InChI is InChI=1S/C22H22N4O2S2/c27-30(28,22-23-13-14-24-22)15-7-12-18(29)21-25-19(16-8-3-1-4-9-16)20(26-21)17-10-5-2-6-11-17/h1-6,8-11,13-14,18,29H,7,12,15H2,(H,23,24)(H,25,26). The van der Waals surface area contributed by atoms with Crippen molar-refractivity contribution in [3.63, 3.8) is 0 Å². The van der Waals surface area contributed by atoms with E-state index in [-0.39, 0.29) is 16.2 Å². The van der Waals surface area contributed by atoms with Gasteiger partial charge in [-0.2, -0.15) is 12.6 Å². The average Bonchev–Trinajstić information content (AvgIpc) is 3.46. The van der Waals surface area contributed by atoms with E-state index in [2.05, 4.69) is 15.0 Å². The molecule has 0 spiro atoms. The van der Waals surface area contributed by atoms with Crippen molar-refractivity contribution >= 4 is 22.5 Å². The average molecular weight is 439 g/mol. The molecular weight excluding hydrogens is 416 g/mol. The SMILES string of the molecule is O=S(=O)(CCCC(S)c1nc(-c2ccccc2)c(-c2ccccc2)[nH]1)c1ncc[nH]1. The van der Waals surface area contributed by atoms with Crippen molar-refractivity contribution in [3.05, 3.63) is 78.9 Å². The maximum Gasteiger partial charge on any atom is 0.224 e. The summed E-state index contributed by atoms with van der Waals surface area (Å²) in [6.07, 6.45) is 3.97. The lowest BCUT2D eigenvalue weighted by molar-refractivity contribution is 0.583. The highest BCUT2D eigenvalue weighted by Gasteiger charge is 2.21. The molecule has 2 N–H and O–H groups in total. The minimum absolute atomic E-state index is 0.00828. The summed E-state index contributed by atoms with van der Waals surface area (Å²) in [7, 11) is -3.41. The molecule has 0 fully saturated rings. The Bertz CT molecular complexity index is 1130. The summed E-state index contributed by atoms with van der Waals surface area (Å²) >= 11 is 4.70. The van der Waals surface area contributed by atoms with Crippen molar-refractivity contribution in [2.45, 2.75) is 23.2 Å². The number of nitrogens with zero attached hydrogens (tertiary/aromatic N) is 2. The van der Waals surface area contributed by atoms with Crippen LogP contribution in [-0.2, 0) is 9.84 Å². The van der Waals surface area contributed by atoms with E-state index < -0.39 is 9.84 Å². The van der Waals surface area contributed by atoms with Gasteiger partial charge in [0.05, 0.1) is 22.4 Å². The van der Waals surface area contributed by atoms with E-state index in [1.165, 1.54) is 12.4 Å². The van der Waals surface area contributed by atoms with Crippen LogP contribution in [0, 0.1) is 0 Å². The largest absolute Gasteiger partial charge is 0.341 e. The third-order valence-corrected chi connectivity index (χ3v) is 6.95. The maximum absolute atomic E-state index is 12.3. The fraction of sp³-hybridized carbons (Fsp3) is 0.182. The first-order chi connectivity index (χ1) is 14.5. The van der Waals surface area contributed by atoms with Gasteiger partial charge < -0.3 is 9.97 Å². The zero-order valence-electron chi connectivity index (χ0n) is 16.2. The van der Waals surface area contributed by atoms with E-state index in [0.29, 0.717) is 12.8 Å². The molecule has 6 nitrogen and oxygen atoms in total. The highest BCUT2D eigenvalue weighted by molar-refractivity contribution is 7.91. The molecule has 2 heterocycles. The lowest BCUT2D eigenvalue weighted by Gasteiger charge is -2.07. The molecule has 0 saturated carbocycles. The number of thiol groups is 1. The van der Waals surface area contributed by atoms with E-state index in [4.69, 9.17) is 17.6 Å². The van der Waals surface area contributed by atoms with Crippen LogP contribution < -0.4 is 0 Å². The predicted molar refractivity (Wildman–Crippen MR) is 121 cm³/mol. The Kier molecular flexibility index (Phi) is 6.06. The van der Waals surface area contributed by atoms with E-state index >= 15 is 0 Å².